The third-order valence-electron chi connectivity index (χ3n) is 4.33. The van der Waals surface area contributed by atoms with E-state index in [1.54, 1.807) is 0 Å². The fraction of sp³-hybridized carbons (Fsp3) is 0.750. The molecule has 20 heavy (non-hydrogen) atoms. The molecule has 2 atom stereocenters. The van der Waals surface area contributed by atoms with Gasteiger partial charge in [-0.3, -0.25) is 0 Å². The lowest BCUT2D eigenvalue weighted by Gasteiger charge is -2.21. The van der Waals surface area contributed by atoms with Crippen LogP contribution in [0.15, 0.2) is 0 Å². The smallest absolute Gasteiger partial charge is 0.137 e. The number of hydrogen-bond acceptors (Lipinski definition) is 3. The quantitative estimate of drug-likeness (QED) is 0.829. The van der Waals surface area contributed by atoms with E-state index < -0.39 is 0 Å². The highest BCUT2D eigenvalue weighted by Gasteiger charge is 2.24. The van der Waals surface area contributed by atoms with Crippen LogP contribution in [-0.4, -0.2) is 16.5 Å². The van der Waals surface area contributed by atoms with Gasteiger partial charge >= 0.3 is 0 Å². The molecule has 2 unspecified atom stereocenters. The van der Waals surface area contributed by atoms with Crippen molar-refractivity contribution in [2.75, 3.05) is 11.9 Å². The summed E-state index contributed by atoms with van der Waals surface area (Å²) in [5.41, 5.74) is 0.860. The molecule has 1 saturated carbocycles. The van der Waals surface area contributed by atoms with Crippen LogP contribution in [0.25, 0.3) is 0 Å². The fourth-order valence-corrected chi connectivity index (χ4v) is 2.92. The first-order valence-electron chi connectivity index (χ1n) is 7.57. The van der Waals surface area contributed by atoms with Gasteiger partial charge in [0.15, 0.2) is 0 Å². The first-order chi connectivity index (χ1) is 9.29. The summed E-state index contributed by atoms with van der Waals surface area (Å²) in [5, 5.41) is 4.06. The summed E-state index contributed by atoms with van der Waals surface area (Å²) < 4.78 is 0. The average molecular weight is 296 g/mol. The topological polar surface area (TPSA) is 37.8 Å². The van der Waals surface area contributed by atoms with E-state index in [1.807, 2.05) is 6.92 Å². The zero-order valence-corrected chi connectivity index (χ0v) is 14.0. The van der Waals surface area contributed by atoms with Crippen LogP contribution in [-0.2, 0) is 5.41 Å². The molecule has 1 aromatic rings. The summed E-state index contributed by atoms with van der Waals surface area (Å²) in [6, 6.07) is 0. The molecule has 0 amide bonds. The third kappa shape index (κ3) is 3.43. The molecule has 1 aliphatic rings. The van der Waals surface area contributed by atoms with E-state index in [0.29, 0.717) is 5.15 Å². The van der Waals surface area contributed by atoms with Crippen LogP contribution >= 0.6 is 11.6 Å². The number of rotatable bonds is 3. The summed E-state index contributed by atoms with van der Waals surface area (Å²) in [5.74, 6) is 3.26. The minimum absolute atomic E-state index is 0.0889. The molecule has 112 valence electrons. The first kappa shape index (κ1) is 15.6. The standard InChI is InChI=1S/C16H26ClN3/c1-10-7-6-8-12(10)9-18-14-11(2)13(17)19-15(20-14)16(3,4)5/h10,12H,6-9H2,1-5H3,(H,18,19,20). The molecular weight excluding hydrogens is 270 g/mol. The van der Waals surface area contributed by atoms with Crippen LogP contribution in [0.1, 0.15) is 58.3 Å². The molecule has 0 aromatic carbocycles. The monoisotopic (exact) mass is 295 g/mol. The predicted octanol–water partition coefficient (Wildman–Crippen LogP) is 4.58. The summed E-state index contributed by atoms with van der Waals surface area (Å²) in [6.45, 7) is 11.6. The second kappa shape index (κ2) is 5.88. The highest BCUT2D eigenvalue weighted by molar-refractivity contribution is 6.30. The molecule has 4 heteroatoms. The highest BCUT2D eigenvalue weighted by atomic mass is 35.5. The Kier molecular flexibility index (Phi) is 4.58. The normalized spacial score (nSPS) is 23.1. The van der Waals surface area contributed by atoms with Gasteiger partial charge in [-0.15, -0.1) is 0 Å². The van der Waals surface area contributed by atoms with Gasteiger partial charge in [-0.1, -0.05) is 52.1 Å². The molecular formula is C16H26ClN3. The molecule has 0 aliphatic heterocycles. The van der Waals surface area contributed by atoms with Crippen molar-refractivity contribution < 1.29 is 0 Å². The van der Waals surface area contributed by atoms with Gasteiger partial charge in [0.25, 0.3) is 0 Å². The van der Waals surface area contributed by atoms with Crippen molar-refractivity contribution in [3.05, 3.63) is 16.5 Å². The van der Waals surface area contributed by atoms with Crippen molar-refractivity contribution >= 4 is 17.4 Å². The maximum absolute atomic E-state index is 6.26. The molecule has 1 aromatic heterocycles. The lowest BCUT2D eigenvalue weighted by Crippen LogP contribution is -2.21. The van der Waals surface area contributed by atoms with Gasteiger partial charge < -0.3 is 5.32 Å². The Morgan fingerprint density at radius 2 is 1.95 bits per heavy atom. The van der Waals surface area contributed by atoms with Crippen molar-refractivity contribution in [3.8, 4) is 0 Å². The molecule has 0 radical (unpaired) electrons. The summed E-state index contributed by atoms with van der Waals surface area (Å²) in [4.78, 5) is 9.10. The minimum Gasteiger partial charge on any atom is -0.369 e. The Morgan fingerprint density at radius 3 is 2.50 bits per heavy atom. The Bertz CT molecular complexity index is 479. The van der Waals surface area contributed by atoms with Crippen LogP contribution in [0.3, 0.4) is 0 Å². The predicted molar refractivity (Wildman–Crippen MR) is 85.5 cm³/mol. The number of nitrogens with one attached hydrogen (secondary N) is 1. The van der Waals surface area contributed by atoms with E-state index in [-0.39, 0.29) is 5.41 Å². The second-order valence-corrected chi connectivity index (χ2v) is 7.47. The molecule has 3 nitrogen and oxygen atoms in total. The maximum Gasteiger partial charge on any atom is 0.137 e. The van der Waals surface area contributed by atoms with E-state index in [0.717, 1.165) is 35.6 Å². The summed E-state index contributed by atoms with van der Waals surface area (Å²) >= 11 is 6.26. The minimum atomic E-state index is -0.0889. The second-order valence-electron chi connectivity index (χ2n) is 7.11. The number of hydrogen-bond donors (Lipinski definition) is 1. The van der Waals surface area contributed by atoms with Crippen molar-refractivity contribution in [2.24, 2.45) is 11.8 Å². The molecule has 1 aliphatic carbocycles. The molecule has 0 saturated heterocycles. The van der Waals surface area contributed by atoms with Crippen molar-refractivity contribution in [1.82, 2.24) is 9.97 Å². The average Bonchev–Trinajstić information content (AvgIpc) is 2.75. The molecule has 0 bridgehead atoms. The van der Waals surface area contributed by atoms with Crippen molar-refractivity contribution in [2.45, 2.75) is 59.3 Å². The molecule has 1 N–H and O–H groups in total. The van der Waals surface area contributed by atoms with E-state index in [9.17, 15) is 0 Å². The SMILES string of the molecule is Cc1c(Cl)nc(C(C)(C)C)nc1NCC1CCCC1C. The molecule has 0 spiro atoms. The van der Waals surface area contributed by atoms with E-state index in [1.165, 1.54) is 19.3 Å². The Morgan fingerprint density at radius 1 is 1.25 bits per heavy atom. The van der Waals surface area contributed by atoms with Gasteiger partial charge in [0.05, 0.1) is 0 Å². The lowest BCUT2D eigenvalue weighted by molar-refractivity contribution is 0.439. The van der Waals surface area contributed by atoms with Crippen molar-refractivity contribution in [1.29, 1.82) is 0 Å². The van der Waals surface area contributed by atoms with E-state index in [2.05, 4.69) is 43.0 Å². The maximum atomic E-state index is 6.26. The van der Waals surface area contributed by atoms with Gasteiger partial charge in [-0.05, 0) is 25.2 Å². The Labute approximate surface area is 127 Å². The van der Waals surface area contributed by atoms with Crippen LogP contribution in [0.2, 0.25) is 5.15 Å². The summed E-state index contributed by atoms with van der Waals surface area (Å²) in [6.07, 6.45) is 4.02. The molecule has 1 heterocycles. The molecule has 2 rings (SSSR count). The summed E-state index contributed by atoms with van der Waals surface area (Å²) in [7, 11) is 0. The number of halogens is 1. The van der Waals surface area contributed by atoms with Gasteiger partial charge in [0.1, 0.15) is 16.8 Å². The first-order valence-corrected chi connectivity index (χ1v) is 7.95. The van der Waals surface area contributed by atoms with Gasteiger partial charge in [-0.25, -0.2) is 9.97 Å². The van der Waals surface area contributed by atoms with E-state index in [4.69, 9.17) is 11.6 Å². The zero-order chi connectivity index (χ0) is 14.9. The number of aromatic nitrogens is 2. The van der Waals surface area contributed by atoms with Crippen molar-refractivity contribution in [3.63, 3.8) is 0 Å². The molecule has 1 fully saturated rings. The largest absolute Gasteiger partial charge is 0.369 e. The number of nitrogens with zero attached hydrogens (tertiary/aromatic N) is 2. The lowest BCUT2D eigenvalue weighted by atomic mass is 9.95. The van der Waals surface area contributed by atoms with Gasteiger partial charge in [-0.2, -0.15) is 0 Å². The van der Waals surface area contributed by atoms with Gasteiger partial charge in [0.2, 0.25) is 0 Å². The van der Waals surface area contributed by atoms with E-state index >= 15 is 0 Å². The van der Waals surface area contributed by atoms with Crippen LogP contribution in [0.5, 0.6) is 0 Å². The zero-order valence-electron chi connectivity index (χ0n) is 13.3. The third-order valence-corrected chi connectivity index (χ3v) is 4.70. The van der Waals surface area contributed by atoms with Crippen LogP contribution in [0.4, 0.5) is 5.82 Å². The fourth-order valence-electron chi connectivity index (χ4n) is 2.75. The highest BCUT2D eigenvalue weighted by Crippen LogP contribution is 2.32. The Hall–Kier alpha value is -0.830. The number of anilines is 1. The van der Waals surface area contributed by atoms with Crippen LogP contribution in [0, 0.1) is 18.8 Å². The van der Waals surface area contributed by atoms with Crippen LogP contribution < -0.4 is 5.32 Å². The van der Waals surface area contributed by atoms with Gasteiger partial charge in [0, 0.05) is 17.5 Å². The Balaban J connectivity index is 2.16.